The number of hydrogen-bond donors (Lipinski definition) is 0. The molecular formula is C24H38O6. The summed E-state index contributed by atoms with van der Waals surface area (Å²) in [5.74, 6) is 1.86. The highest BCUT2D eigenvalue weighted by atomic mass is 16.5. The van der Waals surface area contributed by atoms with E-state index in [1.165, 1.54) is 6.08 Å². The number of carbonyl (C=O) groups is 1. The highest BCUT2D eigenvalue weighted by molar-refractivity contribution is 5.89. The fourth-order valence-corrected chi connectivity index (χ4v) is 2.51. The lowest BCUT2D eigenvalue weighted by atomic mass is 10.1. The molecule has 1 rings (SSSR count). The summed E-state index contributed by atoms with van der Waals surface area (Å²) in [5, 5.41) is 0. The van der Waals surface area contributed by atoms with Crippen molar-refractivity contribution in [1.29, 1.82) is 0 Å². The Labute approximate surface area is 181 Å². The zero-order chi connectivity index (χ0) is 22.2. The second-order valence-electron chi connectivity index (χ2n) is 6.84. The zero-order valence-electron chi connectivity index (χ0n) is 19.3. The minimum Gasteiger partial charge on any atom is -0.493 e. The summed E-state index contributed by atoms with van der Waals surface area (Å²) >= 11 is 0. The van der Waals surface area contributed by atoms with Gasteiger partial charge in [0.05, 0.1) is 38.6 Å². The van der Waals surface area contributed by atoms with Crippen molar-refractivity contribution in [1.82, 2.24) is 0 Å². The Morgan fingerprint density at radius 1 is 0.700 bits per heavy atom. The van der Waals surface area contributed by atoms with Gasteiger partial charge in [-0.3, -0.25) is 0 Å². The molecule has 0 saturated carbocycles. The van der Waals surface area contributed by atoms with Gasteiger partial charge in [0.2, 0.25) is 5.75 Å². The van der Waals surface area contributed by atoms with Crippen LogP contribution in [0.2, 0.25) is 0 Å². The Balaban J connectivity index is 3.50. The fraction of sp³-hybridized carbons (Fsp3) is 0.625. The van der Waals surface area contributed by atoms with Gasteiger partial charge in [0, 0.05) is 12.1 Å². The minimum atomic E-state index is -0.401. The summed E-state index contributed by atoms with van der Waals surface area (Å²) in [7, 11) is 0. The minimum absolute atomic E-state index is 0.385. The molecule has 0 saturated heterocycles. The van der Waals surface area contributed by atoms with Crippen molar-refractivity contribution < 1.29 is 28.5 Å². The number of ether oxygens (including phenoxy) is 5. The molecule has 0 N–H and O–H groups in total. The molecule has 0 bridgehead atoms. The first-order valence-corrected chi connectivity index (χ1v) is 11.2. The molecule has 0 heterocycles. The third-order valence-electron chi connectivity index (χ3n) is 3.86. The van der Waals surface area contributed by atoms with Gasteiger partial charge in [0.25, 0.3) is 0 Å². The largest absolute Gasteiger partial charge is 0.493 e. The van der Waals surface area contributed by atoms with Crippen LogP contribution in [0.25, 0.3) is 6.08 Å². The van der Waals surface area contributed by atoms with E-state index >= 15 is 0 Å². The third kappa shape index (κ3) is 8.56. The first-order chi connectivity index (χ1) is 14.6. The van der Waals surface area contributed by atoms with Crippen molar-refractivity contribution >= 4 is 12.0 Å². The average Bonchev–Trinajstić information content (AvgIpc) is 2.76. The molecule has 6 nitrogen and oxygen atoms in total. The fourth-order valence-electron chi connectivity index (χ4n) is 2.51. The van der Waals surface area contributed by atoms with E-state index in [-0.39, 0.29) is 0 Å². The second kappa shape index (κ2) is 15.5. The van der Waals surface area contributed by atoms with Crippen molar-refractivity contribution in [2.75, 3.05) is 33.0 Å². The lowest BCUT2D eigenvalue weighted by molar-refractivity contribution is -0.137. The van der Waals surface area contributed by atoms with Gasteiger partial charge >= 0.3 is 5.97 Å². The van der Waals surface area contributed by atoms with E-state index in [1.807, 2.05) is 33.8 Å². The van der Waals surface area contributed by atoms with Crippen LogP contribution in [0.4, 0.5) is 0 Å². The molecule has 6 heteroatoms. The van der Waals surface area contributed by atoms with E-state index in [0.717, 1.165) is 32.1 Å². The van der Waals surface area contributed by atoms with E-state index in [1.54, 1.807) is 6.08 Å². The predicted molar refractivity (Wildman–Crippen MR) is 120 cm³/mol. The maximum atomic E-state index is 12.0. The molecular weight excluding hydrogens is 384 g/mol. The highest BCUT2D eigenvalue weighted by Gasteiger charge is 2.22. The lowest BCUT2D eigenvalue weighted by Crippen LogP contribution is -2.08. The van der Waals surface area contributed by atoms with Crippen LogP contribution in [0.1, 0.15) is 72.3 Å². The van der Waals surface area contributed by atoms with Crippen LogP contribution in [0, 0.1) is 0 Å². The van der Waals surface area contributed by atoms with E-state index < -0.39 is 5.97 Å². The normalized spacial score (nSPS) is 10.8. The molecule has 0 aromatic heterocycles. The monoisotopic (exact) mass is 422 g/mol. The molecule has 30 heavy (non-hydrogen) atoms. The smallest absolute Gasteiger partial charge is 0.330 e. The van der Waals surface area contributed by atoms with Crippen LogP contribution in [0.5, 0.6) is 23.0 Å². The summed E-state index contributed by atoms with van der Waals surface area (Å²) in [5.41, 5.74) is 0.653. The van der Waals surface area contributed by atoms with Crippen molar-refractivity contribution in [3.8, 4) is 23.0 Å². The molecule has 0 aliphatic carbocycles. The van der Waals surface area contributed by atoms with E-state index in [0.29, 0.717) is 61.6 Å². The van der Waals surface area contributed by atoms with Crippen LogP contribution < -0.4 is 18.9 Å². The van der Waals surface area contributed by atoms with E-state index in [2.05, 4.69) is 6.92 Å². The first kappa shape index (κ1) is 25.7. The first-order valence-electron chi connectivity index (χ1n) is 11.2. The molecule has 1 aromatic carbocycles. The van der Waals surface area contributed by atoms with Gasteiger partial charge in [-0.1, -0.05) is 34.6 Å². The quantitative estimate of drug-likeness (QED) is 0.247. The number of rotatable bonds is 16. The molecule has 0 spiro atoms. The molecule has 170 valence electrons. The molecule has 0 fully saturated rings. The highest BCUT2D eigenvalue weighted by Crippen LogP contribution is 2.46. The van der Waals surface area contributed by atoms with Gasteiger partial charge in [0.15, 0.2) is 11.5 Å². The summed E-state index contributed by atoms with van der Waals surface area (Å²) < 4.78 is 29.2. The Hall–Kier alpha value is -2.37. The molecule has 0 aliphatic heterocycles. The van der Waals surface area contributed by atoms with Gasteiger partial charge in [-0.05, 0) is 38.2 Å². The maximum absolute atomic E-state index is 12.0. The third-order valence-corrected chi connectivity index (χ3v) is 3.86. The molecule has 0 radical (unpaired) electrons. The molecule has 0 unspecified atom stereocenters. The van der Waals surface area contributed by atoms with E-state index in [9.17, 15) is 4.79 Å². The summed E-state index contributed by atoms with van der Waals surface area (Å²) in [6, 6.07) is 1.83. The van der Waals surface area contributed by atoms with Gasteiger partial charge < -0.3 is 23.7 Å². The number of benzene rings is 1. The van der Waals surface area contributed by atoms with Crippen LogP contribution in [-0.2, 0) is 9.53 Å². The predicted octanol–water partition coefficient (Wildman–Crippen LogP) is 5.81. The van der Waals surface area contributed by atoms with Gasteiger partial charge in [0.1, 0.15) is 5.75 Å². The maximum Gasteiger partial charge on any atom is 0.330 e. The number of esters is 1. The van der Waals surface area contributed by atoms with Crippen molar-refractivity contribution in [3.63, 3.8) is 0 Å². The van der Waals surface area contributed by atoms with Crippen molar-refractivity contribution in [2.45, 2.75) is 66.7 Å². The SMILES string of the molecule is CCCOC(=O)C=Cc1c(OCCC)cc(OCCC)c(OCCC)c1OCCC. The van der Waals surface area contributed by atoms with Crippen molar-refractivity contribution in [3.05, 3.63) is 17.7 Å². The average molecular weight is 423 g/mol. The van der Waals surface area contributed by atoms with Crippen LogP contribution in [-0.4, -0.2) is 39.0 Å². The standard InChI is InChI=1S/C24H38O6/c1-6-13-26-20-18-21(27-14-7-2)24(30-17-10-5)23(29-16-9-4)19(20)11-12-22(25)28-15-8-3/h11-12,18H,6-10,13-17H2,1-5H3. The van der Waals surface area contributed by atoms with Crippen LogP contribution in [0.3, 0.4) is 0 Å². The Morgan fingerprint density at radius 3 is 1.77 bits per heavy atom. The Bertz CT molecular complexity index is 654. The van der Waals surface area contributed by atoms with Crippen molar-refractivity contribution in [2.24, 2.45) is 0 Å². The summed E-state index contributed by atoms with van der Waals surface area (Å²) in [6.07, 6.45) is 7.26. The second-order valence-corrected chi connectivity index (χ2v) is 6.84. The molecule has 0 atom stereocenters. The lowest BCUT2D eigenvalue weighted by Gasteiger charge is -2.21. The Kier molecular flexibility index (Phi) is 13.2. The number of carbonyl (C=O) groups excluding carboxylic acids is 1. The van der Waals surface area contributed by atoms with Gasteiger partial charge in [-0.2, -0.15) is 0 Å². The Morgan fingerprint density at radius 2 is 1.20 bits per heavy atom. The summed E-state index contributed by atoms with van der Waals surface area (Å²) in [6.45, 7) is 12.6. The van der Waals surface area contributed by atoms with Crippen LogP contribution >= 0.6 is 0 Å². The summed E-state index contributed by atoms with van der Waals surface area (Å²) in [4.78, 5) is 12.0. The number of hydrogen-bond acceptors (Lipinski definition) is 6. The molecule has 0 amide bonds. The topological polar surface area (TPSA) is 63.2 Å². The zero-order valence-corrected chi connectivity index (χ0v) is 19.3. The van der Waals surface area contributed by atoms with Gasteiger partial charge in [-0.15, -0.1) is 0 Å². The molecule has 0 aliphatic rings. The van der Waals surface area contributed by atoms with Crippen LogP contribution in [0.15, 0.2) is 12.1 Å². The van der Waals surface area contributed by atoms with Gasteiger partial charge in [-0.25, -0.2) is 4.79 Å². The molecule has 1 aromatic rings. The van der Waals surface area contributed by atoms with E-state index in [4.69, 9.17) is 23.7 Å².